The number of rotatable bonds is 1. The van der Waals surface area contributed by atoms with Gasteiger partial charge in [-0.2, -0.15) is 0 Å². The molecule has 0 spiro atoms. The second-order valence-corrected chi connectivity index (χ2v) is 3.48. The van der Waals surface area contributed by atoms with Crippen molar-refractivity contribution < 1.29 is 5.11 Å². The van der Waals surface area contributed by atoms with E-state index in [0.29, 0.717) is 17.0 Å². The summed E-state index contributed by atoms with van der Waals surface area (Å²) in [7, 11) is 0. The van der Waals surface area contributed by atoms with Crippen LogP contribution < -0.4 is 0 Å². The minimum absolute atomic E-state index is 0.252. The number of nitrogens with zero attached hydrogens (tertiary/aromatic N) is 1. The van der Waals surface area contributed by atoms with Crippen molar-refractivity contribution in [2.45, 2.75) is 6.42 Å². The molecule has 71 valence electrons. The molecule has 0 atom stereocenters. The van der Waals surface area contributed by atoms with Gasteiger partial charge in [-0.25, -0.2) is 0 Å². The number of aromatic hydroxyl groups is 1. The highest BCUT2D eigenvalue weighted by atomic mass is 35.5. The fraction of sp³-hybridized carbons (Fsp3) is 0.0909. The van der Waals surface area contributed by atoms with Gasteiger partial charge in [-0.3, -0.25) is 4.98 Å². The highest BCUT2D eigenvalue weighted by molar-refractivity contribution is 6.31. The first-order valence-electron chi connectivity index (χ1n) is 4.27. The fourth-order valence-electron chi connectivity index (χ4n) is 1.38. The number of halogens is 1. The molecule has 0 aliphatic heterocycles. The van der Waals surface area contributed by atoms with Gasteiger partial charge >= 0.3 is 0 Å². The standard InChI is InChI=1S/C11H9ClNO/c1-2-7-6-13-10-5-8(12)3-4-9(10)11(7)14/h3-6H,1-2H2,(H,13,14). The van der Waals surface area contributed by atoms with Gasteiger partial charge in [0.05, 0.1) is 5.52 Å². The van der Waals surface area contributed by atoms with E-state index in [-0.39, 0.29) is 5.75 Å². The molecule has 0 bridgehead atoms. The van der Waals surface area contributed by atoms with E-state index in [0.717, 1.165) is 10.9 Å². The summed E-state index contributed by atoms with van der Waals surface area (Å²) >= 11 is 5.81. The Morgan fingerprint density at radius 2 is 2.21 bits per heavy atom. The van der Waals surface area contributed by atoms with Crippen LogP contribution >= 0.6 is 11.6 Å². The summed E-state index contributed by atoms with van der Waals surface area (Å²) in [5.41, 5.74) is 1.45. The normalized spacial score (nSPS) is 10.7. The van der Waals surface area contributed by atoms with Gasteiger partial charge in [-0.1, -0.05) is 11.6 Å². The Morgan fingerprint density at radius 3 is 2.93 bits per heavy atom. The Balaban J connectivity index is 2.77. The molecule has 0 saturated carbocycles. The van der Waals surface area contributed by atoms with E-state index < -0.39 is 0 Å². The maximum Gasteiger partial charge on any atom is 0.129 e. The molecule has 2 rings (SSSR count). The minimum atomic E-state index is 0.252. The molecular weight excluding hydrogens is 198 g/mol. The van der Waals surface area contributed by atoms with Crippen LogP contribution in [0, 0.1) is 6.92 Å². The predicted octanol–water partition coefficient (Wildman–Crippen LogP) is 2.97. The van der Waals surface area contributed by atoms with Crippen molar-refractivity contribution in [3.63, 3.8) is 0 Å². The van der Waals surface area contributed by atoms with Gasteiger partial charge in [0, 0.05) is 22.2 Å². The van der Waals surface area contributed by atoms with Crippen LogP contribution in [0.1, 0.15) is 5.56 Å². The first-order valence-corrected chi connectivity index (χ1v) is 4.65. The predicted molar refractivity (Wildman–Crippen MR) is 57.5 cm³/mol. The van der Waals surface area contributed by atoms with Crippen LogP contribution in [0.2, 0.25) is 5.02 Å². The zero-order valence-corrected chi connectivity index (χ0v) is 8.25. The molecule has 0 aliphatic carbocycles. The van der Waals surface area contributed by atoms with E-state index >= 15 is 0 Å². The van der Waals surface area contributed by atoms with Crippen LogP contribution in [0.3, 0.4) is 0 Å². The topological polar surface area (TPSA) is 33.1 Å². The first kappa shape index (κ1) is 9.28. The van der Waals surface area contributed by atoms with E-state index in [1.165, 1.54) is 0 Å². The fourth-order valence-corrected chi connectivity index (χ4v) is 1.54. The number of hydrogen-bond donors (Lipinski definition) is 1. The van der Waals surface area contributed by atoms with Gasteiger partial charge in [-0.15, -0.1) is 0 Å². The molecule has 1 N–H and O–H groups in total. The SMILES string of the molecule is [CH2]Cc1cnc2cc(Cl)ccc2c1O. The second kappa shape index (κ2) is 3.46. The Kier molecular flexibility index (Phi) is 2.30. The molecule has 0 aliphatic rings. The average molecular weight is 207 g/mol. The molecular formula is C11H9ClNO. The molecule has 0 fully saturated rings. The third kappa shape index (κ3) is 1.42. The third-order valence-electron chi connectivity index (χ3n) is 2.15. The van der Waals surface area contributed by atoms with E-state index in [9.17, 15) is 5.11 Å². The van der Waals surface area contributed by atoms with E-state index in [1.54, 1.807) is 24.4 Å². The van der Waals surface area contributed by atoms with Crippen molar-refractivity contribution in [2.75, 3.05) is 0 Å². The molecule has 2 aromatic rings. The summed E-state index contributed by atoms with van der Waals surface area (Å²) in [6.45, 7) is 3.72. The van der Waals surface area contributed by atoms with Crippen LogP contribution in [0.5, 0.6) is 5.75 Å². The molecule has 1 aromatic heterocycles. The molecule has 14 heavy (non-hydrogen) atoms. The number of benzene rings is 1. The Bertz CT molecular complexity index is 482. The van der Waals surface area contributed by atoms with Crippen molar-refractivity contribution >= 4 is 22.5 Å². The maximum absolute atomic E-state index is 9.82. The van der Waals surface area contributed by atoms with E-state index in [4.69, 9.17) is 11.6 Å². The minimum Gasteiger partial charge on any atom is -0.507 e. The first-order chi connectivity index (χ1) is 6.72. The summed E-state index contributed by atoms with van der Waals surface area (Å²) in [6.07, 6.45) is 2.15. The monoisotopic (exact) mass is 206 g/mol. The number of fused-ring (bicyclic) bond motifs is 1. The lowest BCUT2D eigenvalue weighted by molar-refractivity contribution is 0.475. The van der Waals surface area contributed by atoms with Crippen molar-refractivity contribution in [2.24, 2.45) is 0 Å². The summed E-state index contributed by atoms with van der Waals surface area (Å²) in [4.78, 5) is 4.19. The number of hydrogen-bond acceptors (Lipinski definition) is 2. The third-order valence-corrected chi connectivity index (χ3v) is 2.38. The lowest BCUT2D eigenvalue weighted by Gasteiger charge is -2.04. The molecule has 0 unspecified atom stereocenters. The van der Waals surface area contributed by atoms with Gasteiger partial charge in [0.15, 0.2) is 0 Å². The molecule has 0 amide bonds. The summed E-state index contributed by atoms with van der Waals surface area (Å²) in [6, 6.07) is 5.22. The van der Waals surface area contributed by atoms with Crippen molar-refractivity contribution in [3.8, 4) is 5.75 Å². The lowest BCUT2D eigenvalue weighted by atomic mass is 10.1. The molecule has 1 heterocycles. The van der Waals surface area contributed by atoms with Gasteiger partial charge < -0.3 is 5.11 Å². The smallest absolute Gasteiger partial charge is 0.129 e. The van der Waals surface area contributed by atoms with Crippen LogP contribution in [0.25, 0.3) is 10.9 Å². The van der Waals surface area contributed by atoms with Gasteiger partial charge in [0.25, 0.3) is 0 Å². The van der Waals surface area contributed by atoms with E-state index in [2.05, 4.69) is 11.9 Å². The molecule has 3 heteroatoms. The summed E-state index contributed by atoms with van der Waals surface area (Å²) in [5, 5.41) is 11.2. The Hall–Kier alpha value is -1.28. The highest BCUT2D eigenvalue weighted by Gasteiger charge is 2.05. The van der Waals surface area contributed by atoms with Gasteiger partial charge in [-0.05, 0) is 31.5 Å². The van der Waals surface area contributed by atoms with Crippen LogP contribution in [0.15, 0.2) is 24.4 Å². The zero-order valence-electron chi connectivity index (χ0n) is 7.50. The molecule has 1 aromatic carbocycles. The summed E-state index contributed by atoms with van der Waals surface area (Å²) < 4.78 is 0. The maximum atomic E-state index is 9.82. The quantitative estimate of drug-likeness (QED) is 0.778. The van der Waals surface area contributed by atoms with Crippen molar-refractivity contribution in [1.82, 2.24) is 4.98 Å². The number of aromatic nitrogens is 1. The summed E-state index contributed by atoms with van der Waals surface area (Å²) in [5.74, 6) is 0.252. The van der Waals surface area contributed by atoms with E-state index in [1.807, 2.05) is 0 Å². The van der Waals surface area contributed by atoms with Crippen molar-refractivity contribution in [3.05, 3.63) is 41.9 Å². The van der Waals surface area contributed by atoms with Crippen LogP contribution in [-0.2, 0) is 6.42 Å². The van der Waals surface area contributed by atoms with Crippen LogP contribution in [-0.4, -0.2) is 10.1 Å². The lowest BCUT2D eigenvalue weighted by Crippen LogP contribution is -1.87. The molecule has 2 nitrogen and oxygen atoms in total. The average Bonchev–Trinajstić information content (AvgIpc) is 2.18. The van der Waals surface area contributed by atoms with Gasteiger partial charge in [0.1, 0.15) is 5.75 Å². The Labute approximate surface area is 87.2 Å². The zero-order chi connectivity index (χ0) is 10.1. The van der Waals surface area contributed by atoms with Crippen LogP contribution in [0.4, 0.5) is 0 Å². The molecule has 1 radical (unpaired) electrons. The van der Waals surface area contributed by atoms with Crippen molar-refractivity contribution in [1.29, 1.82) is 0 Å². The van der Waals surface area contributed by atoms with Gasteiger partial charge in [0.2, 0.25) is 0 Å². The Morgan fingerprint density at radius 1 is 1.43 bits per heavy atom. The number of pyridine rings is 1. The largest absolute Gasteiger partial charge is 0.507 e. The highest BCUT2D eigenvalue weighted by Crippen LogP contribution is 2.28. The molecule has 0 saturated heterocycles. The second-order valence-electron chi connectivity index (χ2n) is 3.04.